The molecular weight excluding hydrogens is 715 g/mol. The number of hydrogen-bond donors (Lipinski definition) is 0. The van der Waals surface area contributed by atoms with Crippen molar-refractivity contribution in [3.63, 3.8) is 0 Å². The van der Waals surface area contributed by atoms with Crippen molar-refractivity contribution in [1.82, 2.24) is 0 Å². The summed E-state index contributed by atoms with van der Waals surface area (Å²) in [4.78, 5) is 36.9. The van der Waals surface area contributed by atoms with E-state index in [1.165, 1.54) is 128 Å². The SMILES string of the molecule is CCCCCCCC/C=C/C/C=C/C/C=C/CCCC(=O)OCC(COCCC(C(=O)[O-])[N+](C)(C)C)OC(=O)CCCCCCCCCCCCCCCCCC. The third kappa shape index (κ3) is 38.8. The molecule has 0 saturated heterocycles. The van der Waals surface area contributed by atoms with E-state index in [9.17, 15) is 19.5 Å². The van der Waals surface area contributed by atoms with Crippen LogP contribution in [-0.2, 0) is 28.6 Å². The van der Waals surface area contributed by atoms with Gasteiger partial charge in [0.05, 0.1) is 40.3 Å². The van der Waals surface area contributed by atoms with Gasteiger partial charge in [0, 0.05) is 19.3 Å². The van der Waals surface area contributed by atoms with Crippen LogP contribution >= 0.6 is 0 Å². The lowest BCUT2D eigenvalue weighted by atomic mass is 10.0. The number of rotatable bonds is 42. The number of quaternary nitrogens is 1. The summed E-state index contributed by atoms with van der Waals surface area (Å²) in [7, 11) is 5.40. The van der Waals surface area contributed by atoms with E-state index in [-0.39, 0.29) is 49.1 Å². The van der Waals surface area contributed by atoms with Gasteiger partial charge in [-0.25, -0.2) is 0 Å². The smallest absolute Gasteiger partial charge is 0.306 e. The third-order valence-electron chi connectivity index (χ3n) is 10.5. The van der Waals surface area contributed by atoms with Crippen LogP contribution in [0.4, 0.5) is 0 Å². The molecule has 2 unspecified atom stereocenters. The monoisotopic (exact) mass is 804 g/mol. The first-order chi connectivity index (χ1) is 27.6. The van der Waals surface area contributed by atoms with Crippen LogP contribution in [0.2, 0.25) is 0 Å². The highest BCUT2D eigenvalue weighted by atomic mass is 16.6. The molecule has 0 aromatic carbocycles. The number of esters is 2. The maximum Gasteiger partial charge on any atom is 0.306 e. The molecule has 0 rings (SSSR count). The topological polar surface area (TPSA) is 102 Å². The molecule has 57 heavy (non-hydrogen) atoms. The van der Waals surface area contributed by atoms with E-state index in [1.807, 2.05) is 0 Å². The molecule has 2 atom stereocenters. The molecule has 0 N–H and O–H groups in total. The Hall–Kier alpha value is -2.45. The molecule has 332 valence electrons. The zero-order valence-corrected chi connectivity index (χ0v) is 37.8. The molecule has 0 amide bonds. The van der Waals surface area contributed by atoms with E-state index < -0.39 is 18.1 Å². The number of allylic oxidation sites excluding steroid dienone is 6. The Morgan fingerprint density at radius 2 is 0.947 bits per heavy atom. The highest BCUT2D eigenvalue weighted by Crippen LogP contribution is 2.15. The molecule has 0 fully saturated rings. The van der Waals surface area contributed by atoms with Gasteiger partial charge in [0.2, 0.25) is 0 Å². The van der Waals surface area contributed by atoms with Crippen LogP contribution in [0.15, 0.2) is 36.5 Å². The van der Waals surface area contributed by atoms with Crippen molar-refractivity contribution in [1.29, 1.82) is 0 Å². The number of likely N-dealkylation sites (N-methyl/N-ethyl adjacent to an activating group) is 1. The lowest BCUT2D eigenvalue weighted by Gasteiger charge is -2.34. The van der Waals surface area contributed by atoms with E-state index in [4.69, 9.17) is 14.2 Å². The Labute approximate surface area is 351 Å². The van der Waals surface area contributed by atoms with Gasteiger partial charge in [0.1, 0.15) is 12.6 Å². The fraction of sp³-hybridized carbons (Fsp3) is 0.816. The molecule has 0 aliphatic carbocycles. The average Bonchev–Trinajstić information content (AvgIpc) is 3.17. The maximum absolute atomic E-state index is 12.7. The molecule has 0 heterocycles. The zero-order chi connectivity index (χ0) is 42.1. The van der Waals surface area contributed by atoms with E-state index in [0.29, 0.717) is 12.8 Å². The average molecular weight is 804 g/mol. The molecule has 0 saturated carbocycles. The molecule has 0 aliphatic rings. The number of nitrogens with zero attached hydrogens (tertiary/aromatic N) is 1. The first kappa shape index (κ1) is 54.6. The van der Waals surface area contributed by atoms with Gasteiger partial charge in [0.15, 0.2) is 6.10 Å². The summed E-state index contributed by atoms with van der Waals surface area (Å²) in [6.45, 7) is 4.62. The molecule has 8 heteroatoms. The lowest BCUT2D eigenvalue weighted by molar-refractivity contribution is -0.889. The summed E-state index contributed by atoms with van der Waals surface area (Å²) in [6, 6.07) is -0.731. The second kappa shape index (κ2) is 40.3. The molecule has 0 radical (unpaired) electrons. The van der Waals surface area contributed by atoms with Crippen molar-refractivity contribution < 1.29 is 38.2 Å². The second-order valence-electron chi connectivity index (χ2n) is 17.0. The van der Waals surface area contributed by atoms with Crippen LogP contribution in [0.1, 0.15) is 206 Å². The molecule has 0 bridgehead atoms. The van der Waals surface area contributed by atoms with Gasteiger partial charge >= 0.3 is 11.9 Å². The lowest BCUT2D eigenvalue weighted by Crippen LogP contribution is -2.55. The van der Waals surface area contributed by atoms with Crippen molar-refractivity contribution >= 4 is 17.9 Å². The number of carbonyl (C=O) groups excluding carboxylic acids is 3. The van der Waals surface area contributed by atoms with E-state index in [1.54, 1.807) is 21.1 Å². The van der Waals surface area contributed by atoms with Gasteiger partial charge in [-0.05, 0) is 44.9 Å². The Kier molecular flexibility index (Phi) is 38.6. The first-order valence-electron chi connectivity index (χ1n) is 23.5. The Morgan fingerprint density at radius 3 is 1.42 bits per heavy atom. The highest BCUT2D eigenvalue weighted by Gasteiger charge is 2.25. The number of carboxylic acids is 1. The number of carbonyl (C=O) groups is 3. The number of ether oxygens (including phenoxy) is 3. The van der Waals surface area contributed by atoms with Crippen LogP contribution in [-0.4, -0.2) is 75.5 Å². The Bertz CT molecular complexity index is 1030. The summed E-state index contributed by atoms with van der Waals surface area (Å²) >= 11 is 0. The van der Waals surface area contributed by atoms with Crippen LogP contribution in [0.5, 0.6) is 0 Å². The van der Waals surface area contributed by atoms with Crippen molar-refractivity contribution in [3.05, 3.63) is 36.5 Å². The minimum atomic E-state index is -1.13. The van der Waals surface area contributed by atoms with Crippen molar-refractivity contribution in [2.45, 2.75) is 219 Å². The fourth-order valence-electron chi connectivity index (χ4n) is 6.85. The van der Waals surface area contributed by atoms with Gasteiger partial charge < -0.3 is 28.6 Å². The van der Waals surface area contributed by atoms with Crippen molar-refractivity contribution in [2.75, 3.05) is 41.0 Å². The van der Waals surface area contributed by atoms with Gasteiger partial charge in [-0.15, -0.1) is 0 Å². The van der Waals surface area contributed by atoms with Crippen molar-refractivity contribution in [3.8, 4) is 0 Å². The van der Waals surface area contributed by atoms with Gasteiger partial charge in [-0.3, -0.25) is 9.59 Å². The Balaban J connectivity index is 4.37. The van der Waals surface area contributed by atoms with Crippen LogP contribution in [0.25, 0.3) is 0 Å². The fourth-order valence-corrected chi connectivity index (χ4v) is 6.85. The largest absolute Gasteiger partial charge is 0.544 e. The standard InChI is InChI=1S/C49H89NO7/c1-6-8-10-12-14-16-18-20-22-24-26-27-29-31-33-35-37-39-47(51)56-44-45(43-55-42-41-46(49(53)54)50(3,4)5)57-48(52)40-38-36-34-32-30-28-25-23-21-19-17-15-13-11-9-7-2/h20,22,26-27,31,33,45-46H,6-19,21,23-25,28-30,32,34-44H2,1-5H3/b22-20+,27-26+,33-31+. The summed E-state index contributed by atoms with van der Waals surface area (Å²) in [5.74, 6) is -1.79. The number of carboxylic acid groups (broad SMARTS) is 1. The predicted molar refractivity (Wildman–Crippen MR) is 236 cm³/mol. The second-order valence-corrected chi connectivity index (χ2v) is 17.0. The van der Waals surface area contributed by atoms with Gasteiger partial charge in [0.25, 0.3) is 0 Å². The number of hydrogen-bond acceptors (Lipinski definition) is 7. The third-order valence-corrected chi connectivity index (χ3v) is 10.5. The zero-order valence-electron chi connectivity index (χ0n) is 37.8. The maximum atomic E-state index is 12.7. The molecule has 8 nitrogen and oxygen atoms in total. The molecule has 0 aromatic rings. The minimum Gasteiger partial charge on any atom is -0.544 e. The molecule has 0 spiro atoms. The van der Waals surface area contributed by atoms with E-state index in [0.717, 1.165) is 38.5 Å². The van der Waals surface area contributed by atoms with Gasteiger partial charge in [-0.2, -0.15) is 0 Å². The number of unbranched alkanes of at least 4 members (excludes halogenated alkanes) is 22. The predicted octanol–water partition coefficient (Wildman–Crippen LogP) is 11.7. The van der Waals surface area contributed by atoms with Crippen LogP contribution in [0.3, 0.4) is 0 Å². The number of aliphatic carboxylic acids is 1. The van der Waals surface area contributed by atoms with Crippen LogP contribution in [0, 0.1) is 0 Å². The first-order valence-corrected chi connectivity index (χ1v) is 23.5. The molecular formula is C49H89NO7. The van der Waals surface area contributed by atoms with E-state index >= 15 is 0 Å². The van der Waals surface area contributed by atoms with E-state index in [2.05, 4.69) is 50.3 Å². The summed E-state index contributed by atoms with van der Waals surface area (Å²) in [6.07, 6.45) is 46.0. The quantitative estimate of drug-likeness (QED) is 0.0262. The van der Waals surface area contributed by atoms with Crippen molar-refractivity contribution in [2.24, 2.45) is 0 Å². The molecule has 0 aliphatic heterocycles. The molecule has 0 aromatic heterocycles. The highest BCUT2D eigenvalue weighted by molar-refractivity contribution is 5.70. The normalized spacial score (nSPS) is 13.2. The summed E-state index contributed by atoms with van der Waals surface area (Å²) in [5.41, 5.74) is 0. The van der Waals surface area contributed by atoms with Gasteiger partial charge in [-0.1, -0.05) is 179 Å². The summed E-state index contributed by atoms with van der Waals surface area (Å²) in [5, 5.41) is 11.6. The Morgan fingerprint density at radius 1 is 0.526 bits per heavy atom. The summed E-state index contributed by atoms with van der Waals surface area (Å²) < 4.78 is 17.1. The minimum absolute atomic E-state index is 0.0278. The van der Waals surface area contributed by atoms with Crippen LogP contribution < -0.4 is 5.11 Å².